The van der Waals surface area contributed by atoms with Crippen LogP contribution < -0.4 is 0 Å². The second kappa shape index (κ2) is 25.1. The van der Waals surface area contributed by atoms with Crippen LogP contribution in [0.1, 0.15) is 178 Å². The van der Waals surface area contributed by atoms with Gasteiger partial charge in [-0.1, -0.05) is 256 Å². The zero-order valence-electron chi connectivity index (χ0n) is 50.3. The Morgan fingerprint density at radius 3 is 0.962 bits per heavy atom. The summed E-state index contributed by atoms with van der Waals surface area (Å²) in [4.78, 5) is 0. The highest BCUT2D eigenvalue weighted by Crippen LogP contribution is 2.51. The number of hydrogen-bond donors (Lipinski definition) is 0. The topological polar surface area (TPSA) is 0 Å². The molecule has 410 valence electrons. The van der Waals surface area contributed by atoms with E-state index in [1.807, 2.05) is 20.8 Å². The Morgan fingerprint density at radius 2 is 0.641 bits per heavy atom. The standard InChI is InChI=1S/C24H26.C23H21F3.C15H22.C13H20/c1-17-6-11-21(12-7-17)24(5,22-13-8-18(2)9-14-22)23-15-10-19(3)20(4)16-23;1-16-4-10-19(11-5-16)22(23(24,25)26,20-12-6-17(2)7-13-20)21-14-8-18(3)9-15-21;1-12-9-13(2)11-14(10-12)15(3)7-5-4-6-8-15;1-9-7-12(13(4,5)6)8-10(2)11(9)3/h6-16H,1-5H3;4-15H,1-3H3;9-11H,4-8H2,1-3H3;7-8H,1-6H3. The van der Waals surface area contributed by atoms with E-state index in [0.717, 1.165) is 16.7 Å². The number of hydrogen-bond acceptors (Lipinski definition) is 0. The van der Waals surface area contributed by atoms with Gasteiger partial charge in [0.15, 0.2) is 0 Å². The molecule has 1 fully saturated rings. The summed E-state index contributed by atoms with van der Waals surface area (Å²) in [6.07, 6.45) is 2.49. The van der Waals surface area contributed by atoms with Crippen molar-refractivity contribution in [1.29, 1.82) is 0 Å². The van der Waals surface area contributed by atoms with Crippen LogP contribution in [0.4, 0.5) is 13.2 Å². The van der Waals surface area contributed by atoms with Gasteiger partial charge in [-0.3, -0.25) is 0 Å². The van der Waals surface area contributed by atoms with Gasteiger partial charge in [0.05, 0.1) is 0 Å². The largest absolute Gasteiger partial charge is 0.406 e. The zero-order valence-corrected chi connectivity index (χ0v) is 50.3. The molecule has 0 aliphatic heterocycles. The molecule has 0 heterocycles. The Morgan fingerprint density at radius 1 is 0.321 bits per heavy atom. The molecule has 1 aliphatic carbocycles. The lowest BCUT2D eigenvalue weighted by atomic mass is 9.68. The van der Waals surface area contributed by atoms with Crippen LogP contribution in [0, 0.1) is 83.1 Å². The summed E-state index contributed by atoms with van der Waals surface area (Å²) in [5.41, 5.74) is 21.2. The zero-order chi connectivity index (χ0) is 57.4. The van der Waals surface area contributed by atoms with Crippen LogP contribution in [0.15, 0.2) is 170 Å². The molecule has 0 bridgehead atoms. The first-order valence-electron chi connectivity index (χ1n) is 28.3. The molecular formula is C75H89F3. The van der Waals surface area contributed by atoms with Crippen LogP contribution in [0.25, 0.3) is 0 Å². The molecule has 9 rings (SSSR count). The highest BCUT2D eigenvalue weighted by molar-refractivity contribution is 5.55. The third-order valence-corrected chi connectivity index (χ3v) is 16.9. The van der Waals surface area contributed by atoms with Crippen LogP contribution >= 0.6 is 0 Å². The molecule has 3 heteroatoms. The Bertz CT molecular complexity index is 3010. The molecule has 8 aromatic rings. The normalized spacial score (nSPS) is 13.5. The van der Waals surface area contributed by atoms with Crippen molar-refractivity contribution in [2.75, 3.05) is 0 Å². The fourth-order valence-electron chi connectivity index (χ4n) is 11.1. The monoisotopic (exact) mass is 1050 g/mol. The Hall–Kier alpha value is -6.45. The van der Waals surface area contributed by atoms with E-state index in [2.05, 4.69) is 194 Å². The summed E-state index contributed by atoms with van der Waals surface area (Å²) in [6.45, 7) is 36.8. The van der Waals surface area contributed by atoms with Gasteiger partial charge in [0.2, 0.25) is 0 Å². The lowest BCUT2D eigenvalue weighted by molar-refractivity contribution is -0.166. The van der Waals surface area contributed by atoms with Crippen LogP contribution in [0.2, 0.25) is 0 Å². The van der Waals surface area contributed by atoms with Crippen LogP contribution in [0.3, 0.4) is 0 Å². The SMILES string of the molecule is Cc1cc(C(C)(C)C)cc(C)c1C.Cc1cc(C)cc(C2(C)CCCCC2)c1.Cc1ccc(C(C)(c2ccc(C)cc2)c2ccc(C)c(C)c2)cc1.Cc1ccc(C(c2ccc(C)cc2)(c2ccc(C)cc2)C(F)(F)F)cc1. The number of rotatable bonds is 7. The number of aryl methyl sites for hydroxylation is 11. The molecule has 0 atom stereocenters. The van der Waals surface area contributed by atoms with E-state index in [1.54, 1.807) is 78.4 Å². The quantitative estimate of drug-likeness (QED) is 0.140. The Balaban J connectivity index is 0.000000175. The number of benzene rings is 8. The average molecular weight is 1050 g/mol. The summed E-state index contributed by atoms with van der Waals surface area (Å²) in [6, 6.07) is 56.4. The molecular weight excluding hydrogens is 958 g/mol. The lowest BCUT2D eigenvalue weighted by Gasteiger charge is -2.37. The van der Waals surface area contributed by atoms with Gasteiger partial charge >= 0.3 is 6.18 Å². The van der Waals surface area contributed by atoms with Gasteiger partial charge in [-0.15, -0.1) is 0 Å². The summed E-state index contributed by atoms with van der Waals surface area (Å²) < 4.78 is 44.2. The van der Waals surface area contributed by atoms with Crippen molar-refractivity contribution in [1.82, 2.24) is 0 Å². The molecule has 0 N–H and O–H groups in total. The predicted molar refractivity (Wildman–Crippen MR) is 329 cm³/mol. The average Bonchev–Trinajstić information content (AvgIpc) is 3.52. The molecule has 0 radical (unpaired) electrons. The molecule has 0 amide bonds. The van der Waals surface area contributed by atoms with Crippen molar-refractivity contribution in [2.24, 2.45) is 0 Å². The minimum atomic E-state index is -4.49. The van der Waals surface area contributed by atoms with Gasteiger partial charge in [-0.05, 0) is 186 Å². The van der Waals surface area contributed by atoms with Crippen molar-refractivity contribution in [3.8, 4) is 0 Å². The number of alkyl halides is 3. The molecule has 8 aromatic carbocycles. The second-order valence-electron chi connectivity index (χ2n) is 24.5. The van der Waals surface area contributed by atoms with Gasteiger partial charge in [-0.2, -0.15) is 13.2 Å². The number of halogens is 3. The first-order valence-corrected chi connectivity index (χ1v) is 28.3. The third kappa shape index (κ3) is 14.2. The van der Waals surface area contributed by atoms with Crippen LogP contribution in [-0.4, -0.2) is 6.18 Å². The van der Waals surface area contributed by atoms with Gasteiger partial charge in [0.25, 0.3) is 0 Å². The Kier molecular flexibility index (Phi) is 19.6. The molecule has 0 nitrogen and oxygen atoms in total. The van der Waals surface area contributed by atoms with Crippen molar-refractivity contribution in [2.45, 2.75) is 178 Å². The maximum Gasteiger partial charge on any atom is 0.406 e. The maximum absolute atomic E-state index is 14.7. The van der Waals surface area contributed by atoms with Crippen molar-refractivity contribution >= 4 is 0 Å². The van der Waals surface area contributed by atoms with E-state index < -0.39 is 11.6 Å². The maximum atomic E-state index is 14.7. The summed E-state index contributed by atoms with van der Waals surface area (Å²) in [5, 5.41) is 0. The summed E-state index contributed by atoms with van der Waals surface area (Å²) in [5.74, 6) is 0. The third-order valence-electron chi connectivity index (χ3n) is 16.9. The smallest absolute Gasteiger partial charge is 0.169 e. The lowest BCUT2D eigenvalue weighted by Crippen LogP contribution is -2.44. The van der Waals surface area contributed by atoms with E-state index in [0.29, 0.717) is 5.41 Å². The van der Waals surface area contributed by atoms with Gasteiger partial charge in [0, 0.05) is 5.41 Å². The van der Waals surface area contributed by atoms with E-state index in [1.165, 1.54) is 104 Å². The first kappa shape index (κ1) is 60.8. The van der Waals surface area contributed by atoms with Gasteiger partial charge < -0.3 is 0 Å². The fraction of sp³-hybridized carbons (Fsp3) is 0.360. The van der Waals surface area contributed by atoms with Gasteiger partial charge in [0.1, 0.15) is 5.41 Å². The highest BCUT2D eigenvalue weighted by atomic mass is 19.4. The Labute approximate surface area is 469 Å². The molecule has 0 saturated heterocycles. The van der Waals surface area contributed by atoms with E-state index >= 15 is 0 Å². The first-order chi connectivity index (χ1) is 36.6. The highest BCUT2D eigenvalue weighted by Gasteiger charge is 2.58. The minimum Gasteiger partial charge on any atom is -0.169 e. The second-order valence-corrected chi connectivity index (χ2v) is 24.5. The molecule has 0 unspecified atom stereocenters. The summed E-state index contributed by atoms with van der Waals surface area (Å²) >= 11 is 0. The van der Waals surface area contributed by atoms with Crippen molar-refractivity contribution < 1.29 is 13.2 Å². The molecule has 1 aliphatic rings. The summed E-state index contributed by atoms with van der Waals surface area (Å²) in [7, 11) is 0. The predicted octanol–water partition coefficient (Wildman–Crippen LogP) is 21.2. The minimum absolute atomic E-state index is 0.153. The van der Waals surface area contributed by atoms with E-state index in [9.17, 15) is 13.2 Å². The van der Waals surface area contributed by atoms with Gasteiger partial charge in [-0.25, -0.2) is 0 Å². The van der Waals surface area contributed by atoms with E-state index in [-0.39, 0.29) is 27.5 Å². The molecule has 78 heavy (non-hydrogen) atoms. The van der Waals surface area contributed by atoms with Crippen LogP contribution in [0.5, 0.6) is 0 Å². The van der Waals surface area contributed by atoms with E-state index in [4.69, 9.17) is 0 Å². The molecule has 0 spiro atoms. The van der Waals surface area contributed by atoms with Crippen molar-refractivity contribution in [3.05, 3.63) is 281 Å². The van der Waals surface area contributed by atoms with Crippen LogP contribution in [-0.2, 0) is 21.7 Å². The van der Waals surface area contributed by atoms with Crippen molar-refractivity contribution in [3.63, 3.8) is 0 Å². The fourth-order valence-corrected chi connectivity index (χ4v) is 11.1. The molecule has 0 aromatic heterocycles. The molecule has 1 saturated carbocycles.